The van der Waals surface area contributed by atoms with Crippen LogP contribution >= 0.6 is 15.9 Å². The first-order valence-electron chi connectivity index (χ1n) is 8.89. The first-order chi connectivity index (χ1) is 13.4. The molecule has 0 aromatic heterocycles. The van der Waals surface area contributed by atoms with Crippen LogP contribution in [0.25, 0.3) is 0 Å². The first kappa shape index (κ1) is 21.5. The summed E-state index contributed by atoms with van der Waals surface area (Å²) in [7, 11) is 0. The van der Waals surface area contributed by atoms with Gasteiger partial charge in [-0.2, -0.15) is 0 Å². The Hall–Kier alpha value is -2.80. The standard InChI is InChI=1S/C21H24BrN3O3/c1-4-16-6-8-17(9-7-16)23-20(26)12-15(3)24-25-21(27)13-28-19-10-5-14(2)11-18(19)22/h5-12,24H,4,13H2,1-3H3,(H,23,26)(H,25,27). The monoisotopic (exact) mass is 445 g/mol. The third-order valence-electron chi connectivity index (χ3n) is 3.82. The van der Waals surface area contributed by atoms with Gasteiger partial charge in [0.25, 0.3) is 5.91 Å². The zero-order chi connectivity index (χ0) is 20.5. The molecule has 2 amide bonds. The van der Waals surface area contributed by atoms with E-state index in [1.165, 1.54) is 11.6 Å². The Labute approximate surface area is 173 Å². The number of benzene rings is 2. The summed E-state index contributed by atoms with van der Waals surface area (Å²) in [5.74, 6) is -0.0689. The third-order valence-corrected chi connectivity index (χ3v) is 4.44. The van der Waals surface area contributed by atoms with E-state index in [1.54, 1.807) is 13.0 Å². The fraction of sp³-hybridized carbons (Fsp3) is 0.238. The number of halogens is 1. The van der Waals surface area contributed by atoms with Crippen LogP contribution in [0.2, 0.25) is 0 Å². The van der Waals surface area contributed by atoms with Gasteiger partial charge in [-0.15, -0.1) is 0 Å². The Balaban J connectivity index is 1.77. The fourth-order valence-corrected chi connectivity index (χ4v) is 2.91. The molecule has 0 aliphatic heterocycles. The molecule has 0 spiro atoms. The predicted molar refractivity (Wildman–Crippen MR) is 114 cm³/mol. The van der Waals surface area contributed by atoms with Gasteiger partial charge in [0, 0.05) is 17.5 Å². The van der Waals surface area contributed by atoms with Gasteiger partial charge < -0.3 is 15.5 Å². The molecule has 0 saturated heterocycles. The van der Waals surface area contributed by atoms with E-state index in [0.29, 0.717) is 17.1 Å². The van der Waals surface area contributed by atoms with Gasteiger partial charge in [-0.05, 0) is 71.6 Å². The van der Waals surface area contributed by atoms with E-state index < -0.39 is 0 Å². The summed E-state index contributed by atoms with van der Waals surface area (Å²) in [5.41, 5.74) is 8.68. The minimum absolute atomic E-state index is 0.155. The summed E-state index contributed by atoms with van der Waals surface area (Å²) in [4.78, 5) is 23.9. The smallest absolute Gasteiger partial charge is 0.276 e. The second kappa shape index (κ2) is 10.5. The molecule has 0 radical (unpaired) electrons. The van der Waals surface area contributed by atoms with E-state index in [4.69, 9.17) is 4.74 Å². The number of hydrogen-bond acceptors (Lipinski definition) is 4. The van der Waals surface area contributed by atoms with Crippen LogP contribution in [-0.4, -0.2) is 18.4 Å². The average Bonchev–Trinajstić information content (AvgIpc) is 2.66. The number of amides is 2. The molecule has 0 saturated carbocycles. The zero-order valence-electron chi connectivity index (χ0n) is 16.1. The van der Waals surface area contributed by atoms with Crippen molar-refractivity contribution in [1.82, 2.24) is 10.9 Å². The molecule has 3 N–H and O–H groups in total. The van der Waals surface area contributed by atoms with Crippen molar-refractivity contribution in [1.29, 1.82) is 0 Å². The first-order valence-corrected chi connectivity index (χ1v) is 9.68. The lowest BCUT2D eigenvalue weighted by atomic mass is 10.1. The fourth-order valence-electron chi connectivity index (χ4n) is 2.31. The zero-order valence-corrected chi connectivity index (χ0v) is 17.7. The number of aryl methyl sites for hydroxylation is 2. The van der Waals surface area contributed by atoms with Crippen molar-refractivity contribution in [3.63, 3.8) is 0 Å². The summed E-state index contributed by atoms with van der Waals surface area (Å²) >= 11 is 3.40. The number of carbonyl (C=O) groups excluding carboxylic acids is 2. The summed E-state index contributed by atoms with van der Waals surface area (Å²) < 4.78 is 6.25. The number of allylic oxidation sites excluding steroid dienone is 1. The molecule has 7 heteroatoms. The molecular weight excluding hydrogens is 422 g/mol. The third kappa shape index (κ3) is 7.08. The SMILES string of the molecule is CCc1ccc(NC(=O)C=C(C)NNC(=O)COc2ccc(C)cc2Br)cc1. The summed E-state index contributed by atoms with van der Waals surface area (Å²) in [5, 5.41) is 2.77. The van der Waals surface area contributed by atoms with Crippen LogP contribution < -0.4 is 20.9 Å². The normalized spacial score (nSPS) is 10.9. The molecule has 0 bridgehead atoms. The van der Waals surface area contributed by atoms with E-state index in [1.807, 2.05) is 43.3 Å². The van der Waals surface area contributed by atoms with Gasteiger partial charge in [0.2, 0.25) is 5.91 Å². The van der Waals surface area contributed by atoms with Gasteiger partial charge in [-0.3, -0.25) is 15.0 Å². The molecule has 2 rings (SSSR count). The molecular formula is C21H24BrN3O3. The number of hydrogen-bond donors (Lipinski definition) is 3. The molecule has 28 heavy (non-hydrogen) atoms. The van der Waals surface area contributed by atoms with Crippen LogP contribution in [0.5, 0.6) is 5.75 Å². The number of ether oxygens (including phenoxy) is 1. The number of carbonyl (C=O) groups is 2. The quantitative estimate of drug-likeness (QED) is 0.425. The second-order valence-electron chi connectivity index (χ2n) is 6.26. The molecule has 0 aliphatic carbocycles. The van der Waals surface area contributed by atoms with Crippen molar-refractivity contribution in [3.05, 3.63) is 69.8 Å². The lowest BCUT2D eigenvalue weighted by Crippen LogP contribution is -2.39. The van der Waals surface area contributed by atoms with Gasteiger partial charge in [-0.25, -0.2) is 0 Å². The summed E-state index contributed by atoms with van der Waals surface area (Å²) in [6, 6.07) is 13.3. The van der Waals surface area contributed by atoms with E-state index >= 15 is 0 Å². The largest absolute Gasteiger partial charge is 0.483 e. The summed E-state index contributed by atoms with van der Waals surface area (Å²) in [6.45, 7) is 5.57. The molecule has 6 nitrogen and oxygen atoms in total. The van der Waals surface area contributed by atoms with Crippen molar-refractivity contribution >= 4 is 33.4 Å². The number of rotatable bonds is 8. The van der Waals surface area contributed by atoms with E-state index in [9.17, 15) is 9.59 Å². The van der Waals surface area contributed by atoms with Crippen molar-refractivity contribution in [2.24, 2.45) is 0 Å². The highest BCUT2D eigenvalue weighted by molar-refractivity contribution is 9.10. The van der Waals surface area contributed by atoms with Crippen LogP contribution in [0.3, 0.4) is 0 Å². The predicted octanol–water partition coefficient (Wildman–Crippen LogP) is 3.86. The van der Waals surface area contributed by atoms with Gasteiger partial charge in [-0.1, -0.05) is 25.1 Å². The molecule has 2 aromatic rings. The van der Waals surface area contributed by atoms with Crippen molar-refractivity contribution < 1.29 is 14.3 Å². The van der Waals surface area contributed by atoms with E-state index in [2.05, 4.69) is 39.0 Å². The average molecular weight is 446 g/mol. The van der Waals surface area contributed by atoms with Crippen molar-refractivity contribution in [3.8, 4) is 5.75 Å². The maximum absolute atomic E-state index is 12.0. The molecule has 2 aromatic carbocycles. The minimum Gasteiger partial charge on any atom is -0.483 e. The topological polar surface area (TPSA) is 79.5 Å². The molecule has 0 atom stereocenters. The molecule has 0 fully saturated rings. The highest BCUT2D eigenvalue weighted by Crippen LogP contribution is 2.25. The Morgan fingerprint density at radius 1 is 1.11 bits per heavy atom. The minimum atomic E-state index is -0.365. The Morgan fingerprint density at radius 2 is 1.82 bits per heavy atom. The van der Waals surface area contributed by atoms with E-state index in [0.717, 1.165) is 16.5 Å². The van der Waals surface area contributed by atoms with Crippen LogP contribution in [0.15, 0.2) is 58.7 Å². The highest BCUT2D eigenvalue weighted by Gasteiger charge is 2.06. The van der Waals surface area contributed by atoms with Crippen LogP contribution in [0.4, 0.5) is 5.69 Å². The maximum Gasteiger partial charge on any atom is 0.276 e. The van der Waals surface area contributed by atoms with Gasteiger partial charge in [0.1, 0.15) is 5.75 Å². The van der Waals surface area contributed by atoms with Gasteiger partial charge in [0.15, 0.2) is 6.61 Å². The Bertz CT molecular complexity index is 864. The number of hydrazine groups is 1. The summed E-state index contributed by atoms with van der Waals surface area (Å²) in [6.07, 6.45) is 2.31. The van der Waals surface area contributed by atoms with E-state index in [-0.39, 0.29) is 18.4 Å². The molecule has 148 valence electrons. The lowest BCUT2D eigenvalue weighted by molar-refractivity contribution is -0.124. The van der Waals surface area contributed by atoms with Gasteiger partial charge in [0.05, 0.1) is 4.47 Å². The Morgan fingerprint density at radius 3 is 2.46 bits per heavy atom. The Kier molecular flexibility index (Phi) is 8.07. The maximum atomic E-state index is 12.0. The highest BCUT2D eigenvalue weighted by atomic mass is 79.9. The molecule has 0 unspecified atom stereocenters. The second-order valence-corrected chi connectivity index (χ2v) is 7.12. The molecule has 0 heterocycles. The lowest BCUT2D eigenvalue weighted by Gasteiger charge is -2.11. The van der Waals surface area contributed by atoms with Gasteiger partial charge >= 0.3 is 0 Å². The van der Waals surface area contributed by atoms with Crippen molar-refractivity contribution in [2.75, 3.05) is 11.9 Å². The van der Waals surface area contributed by atoms with Crippen LogP contribution in [-0.2, 0) is 16.0 Å². The number of anilines is 1. The van der Waals surface area contributed by atoms with Crippen LogP contribution in [0.1, 0.15) is 25.0 Å². The number of nitrogens with one attached hydrogen (secondary N) is 3. The van der Waals surface area contributed by atoms with Crippen LogP contribution in [0, 0.1) is 6.92 Å². The molecule has 0 aliphatic rings. The van der Waals surface area contributed by atoms with Crippen molar-refractivity contribution in [2.45, 2.75) is 27.2 Å².